The molecule has 1 aliphatic rings. The van der Waals surface area contributed by atoms with E-state index in [2.05, 4.69) is 27.7 Å². The van der Waals surface area contributed by atoms with E-state index in [1.54, 1.807) is 18.5 Å². The van der Waals surface area contributed by atoms with Crippen molar-refractivity contribution < 1.29 is 9.32 Å². The fourth-order valence-corrected chi connectivity index (χ4v) is 2.55. The predicted molar refractivity (Wildman–Crippen MR) is 77.7 cm³/mol. The molecular formula is C15H18N4O2. The number of pyridine rings is 1. The van der Waals surface area contributed by atoms with E-state index in [4.69, 9.17) is 4.52 Å². The van der Waals surface area contributed by atoms with Crippen LogP contribution in [0, 0.1) is 0 Å². The molecule has 0 saturated carbocycles. The van der Waals surface area contributed by atoms with Crippen molar-refractivity contribution in [2.45, 2.75) is 31.8 Å². The number of amides is 1. The lowest BCUT2D eigenvalue weighted by Crippen LogP contribution is -2.46. The van der Waals surface area contributed by atoms with Crippen LogP contribution in [-0.2, 0) is 0 Å². The van der Waals surface area contributed by atoms with E-state index in [0.717, 1.165) is 24.9 Å². The van der Waals surface area contributed by atoms with Crippen molar-refractivity contribution in [3.8, 4) is 11.3 Å². The standard InChI is InChI=1S/C15H18N4O2/c1-10-7-12(4-6-17-10)18-15(20)13-8-14(21-19-13)11-3-2-5-16-9-11/h2-3,5,8-10,12,17H,4,6-7H2,1H3,(H,18,20). The van der Waals surface area contributed by atoms with E-state index in [1.807, 2.05) is 12.1 Å². The molecule has 6 nitrogen and oxygen atoms in total. The van der Waals surface area contributed by atoms with E-state index in [0.29, 0.717) is 17.5 Å². The van der Waals surface area contributed by atoms with Gasteiger partial charge in [0.2, 0.25) is 0 Å². The van der Waals surface area contributed by atoms with Crippen LogP contribution in [0.15, 0.2) is 35.1 Å². The summed E-state index contributed by atoms with van der Waals surface area (Å²) in [6, 6.07) is 5.94. The van der Waals surface area contributed by atoms with Crippen molar-refractivity contribution in [3.05, 3.63) is 36.3 Å². The zero-order chi connectivity index (χ0) is 14.7. The number of carbonyl (C=O) groups excluding carboxylic acids is 1. The van der Waals surface area contributed by atoms with E-state index in [1.165, 1.54) is 0 Å². The van der Waals surface area contributed by atoms with Gasteiger partial charge < -0.3 is 15.2 Å². The molecule has 2 unspecified atom stereocenters. The van der Waals surface area contributed by atoms with E-state index >= 15 is 0 Å². The molecule has 3 rings (SSSR count). The van der Waals surface area contributed by atoms with Crippen LogP contribution >= 0.6 is 0 Å². The topological polar surface area (TPSA) is 80.1 Å². The fraction of sp³-hybridized carbons (Fsp3) is 0.400. The summed E-state index contributed by atoms with van der Waals surface area (Å²) in [5, 5.41) is 10.2. The molecule has 2 aromatic rings. The third-order valence-corrected chi connectivity index (χ3v) is 3.65. The van der Waals surface area contributed by atoms with Gasteiger partial charge in [-0.3, -0.25) is 9.78 Å². The van der Waals surface area contributed by atoms with Gasteiger partial charge in [0.05, 0.1) is 0 Å². The van der Waals surface area contributed by atoms with Crippen molar-refractivity contribution in [1.29, 1.82) is 0 Å². The number of hydrogen-bond acceptors (Lipinski definition) is 5. The van der Waals surface area contributed by atoms with E-state index in [-0.39, 0.29) is 11.9 Å². The molecule has 1 saturated heterocycles. The highest BCUT2D eigenvalue weighted by atomic mass is 16.5. The van der Waals surface area contributed by atoms with Gasteiger partial charge in [-0.1, -0.05) is 5.16 Å². The third-order valence-electron chi connectivity index (χ3n) is 3.65. The Kier molecular flexibility index (Phi) is 3.96. The van der Waals surface area contributed by atoms with Crippen LogP contribution < -0.4 is 10.6 Å². The Morgan fingerprint density at radius 3 is 3.19 bits per heavy atom. The van der Waals surface area contributed by atoms with E-state index < -0.39 is 0 Å². The minimum atomic E-state index is -0.187. The van der Waals surface area contributed by atoms with Crippen LogP contribution in [0.25, 0.3) is 11.3 Å². The minimum absolute atomic E-state index is 0.187. The summed E-state index contributed by atoms with van der Waals surface area (Å²) in [6.45, 7) is 3.04. The maximum absolute atomic E-state index is 12.2. The molecule has 2 atom stereocenters. The zero-order valence-corrected chi connectivity index (χ0v) is 11.9. The summed E-state index contributed by atoms with van der Waals surface area (Å²) in [4.78, 5) is 16.2. The molecule has 110 valence electrons. The monoisotopic (exact) mass is 286 g/mol. The Hall–Kier alpha value is -2.21. The second kappa shape index (κ2) is 6.05. The van der Waals surface area contributed by atoms with Gasteiger partial charge in [0.1, 0.15) is 0 Å². The van der Waals surface area contributed by atoms with Crippen LogP contribution in [0.4, 0.5) is 0 Å². The van der Waals surface area contributed by atoms with Crippen LogP contribution in [0.2, 0.25) is 0 Å². The maximum atomic E-state index is 12.2. The van der Waals surface area contributed by atoms with Crippen LogP contribution in [-0.4, -0.2) is 34.7 Å². The van der Waals surface area contributed by atoms with Gasteiger partial charge >= 0.3 is 0 Å². The first kappa shape index (κ1) is 13.8. The second-order valence-corrected chi connectivity index (χ2v) is 5.37. The average molecular weight is 286 g/mol. The summed E-state index contributed by atoms with van der Waals surface area (Å²) in [7, 11) is 0. The number of nitrogens with zero attached hydrogens (tertiary/aromatic N) is 2. The highest BCUT2D eigenvalue weighted by Gasteiger charge is 2.22. The maximum Gasteiger partial charge on any atom is 0.273 e. The van der Waals surface area contributed by atoms with Gasteiger partial charge in [0.25, 0.3) is 5.91 Å². The summed E-state index contributed by atoms with van der Waals surface area (Å²) in [5.74, 6) is 0.361. The van der Waals surface area contributed by atoms with Crippen LogP contribution in [0.5, 0.6) is 0 Å². The van der Waals surface area contributed by atoms with Crippen molar-refractivity contribution in [2.75, 3.05) is 6.54 Å². The summed E-state index contributed by atoms with van der Waals surface area (Å²) in [5.41, 5.74) is 1.11. The molecule has 3 heterocycles. The number of rotatable bonds is 3. The Bertz CT molecular complexity index is 611. The quantitative estimate of drug-likeness (QED) is 0.896. The first-order chi connectivity index (χ1) is 10.2. The highest BCUT2D eigenvalue weighted by Crippen LogP contribution is 2.19. The normalized spacial score (nSPS) is 22.0. The lowest BCUT2D eigenvalue weighted by molar-refractivity contribution is 0.0916. The molecule has 0 aromatic carbocycles. The molecule has 1 fully saturated rings. The predicted octanol–water partition coefficient (Wildman–Crippen LogP) is 1.61. The van der Waals surface area contributed by atoms with Crippen LogP contribution in [0.1, 0.15) is 30.3 Å². The number of carbonyl (C=O) groups is 1. The molecule has 1 aliphatic heterocycles. The summed E-state index contributed by atoms with van der Waals surface area (Å²) < 4.78 is 5.22. The van der Waals surface area contributed by atoms with E-state index in [9.17, 15) is 4.79 Å². The molecule has 21 heavy (non-hydrogen) atoms. The Balaban J connectivity index is 1.67. The van der Waals surface area contributed by atoms with Gasteiger partial charge in [-0.25, -0.2) is 0 Å². The summed E-state index contributed by atoms with van der Waals surface area (Å²) >= 11 is 0. The van der Waals surface area contributed by atoms with Crippen LogP contribution in [0.3, 0.4) is 0 Å². The molecule has 0 bridgehead atoms. The number of hydrogen-bond donors (Lipinski definition) is 2. The Labute approximate surface area is 122 Å². The largest absolute Gasteiger partial charge is 0.355 e. The number of aromatic nitrogens is 2. The van der Waals surface area contributed by atoms with Crippen molar-refractivity contribution in [1.82, 2.24) is 20.8 Å². The Morgan fingerprint density at radius 1 is 1.52 bits per heavy atom. The first-order valence-electron chi connectivity index (χ1n) is 7.14. The van der Waals surface area contributed by atoms with Gasteiger partial charge in [-0.15, -0.1) is 0 Å². The molecule has 1 amide bonds. The second-order valence-electron chi connectivity index (χ2n) is 5.37. The van der Waals surface area contributed by atoms with Gasteiger partial charge in [0, 0.05) is 36.1 Å². The molecule has 6 heteroatoms. The minimum Gasteiger partial charge on any atom is -0.355 e. The highest BCUT2D eigenvalue weighted by molar-refractivity contribution is 5.93. The number of piperidine rings is 1. The fourth-order valence-electron chi connectivity index (χ4n) is 2.55. The first-order valence-corrected chi connectivity index (χ1v) is 7.14. The molecule has 0 radical (unpaired) electrons. The van der Waals surface area contributed by atoms with Gasteiger partial charge in [0.15, 0.2) is 11.5 Å². The number of nitrogens with one attached hydrogen (secondary N) is 2. The lowest BCUT2D eigenvalue weighted by Gasteiger charge is -2.28. The third kappa shape index (κ3) is 3.28. The SMILES string of the molecule is CC1CC(NC(=O)c2cc(-c3cccnc3)on2)CCN1. The molecular weight excluding hydrogens is 268 g/mol. The lowest BCUT2D eigenvalue weighted by atomic mass is 10.0. The van der Waals surface area contributed by atoms with Crippen molar-refractivity contribution in [3.63, 3.8) is 0 Å². The molecule has 2 N–H and O–H groups in total. The summed E-state index contributed by atoms with van der Waals surface area (Å²) in [6.07, 6.45) is 5.23. The zero-order valence-electron chi connectivity index (χ0n) is 11.9. The van der Waals surface area contributed by atoms with Gasteiger partial charge in [-0.2, -0.15) is 0 Å². The molecule has 0 spiro atoms. The van der Waals surface area contributed by atoms with Crippen molar-refractivity contribution >= 4 is 5.91 Å². The van der Waals surface area contributed by atoms with Gasteiger partial charge in [-0.05, 0) is 38.4 Å². The average Bonchev–Trinajstić information content (AvgIpc) is 2.98. The molecule has 2 aromatic heterocycles. The van der Waals surface area contributed by atoms with Crippen molar-refractivity contribution in [2.24, 2.45) is 0 Å². The Morgan fingerprint density at radius 2 is 2.43 bits per heavy atom. The molecule has 0 aliphatic carbocycles. The smallest absolute Gasteiger partial charge is 0.273 e.